The zero-order valence-corrected chi connectivity index (χ0v) is 11.7. The molecule has 1 aliphatic heterocycles. The topological polar surface area (TPSA) is 59.6 Å². The van der Waals surface area contributed by atoms with Gasteiger partial charge in [0.25, 0.3) is 0 Å². The van der Waals surface area contributed by atoms with Crippen molar-refractivity contribution in [2.24, 2.45) is 5.92 Å². The first-order chi connectivity index (χ1) is 8.65. The molecule has 2 atom stereocenters. The minimum atomic E-state index is -0.0735. The lowest BCUT2D eigenvalue weighted by Gasteiger charge is -2.18. The van der Waals surface area contributed by atoms with Crippen molar-refractivity contribution in [1.29, 1.82) is 0 Å². The summed E-state index contributed by atoms with van der Waals surface area (Å²) in [6, 6.07) is 0.149. The summed E-state index contributed by atoms with van der Waals surface area (Å²) in [6.45, 7) is 9.26. The SMILES string of the molecule is CCCNC1COCC1C(=O)NCCOC(C)C. The van der Waals surface area contributed by atoms with Gasteiger partial charge in [0, 0.05) is 12.6 Å². The van der Waals surface area contributed by atoms with Crippen LogP contribution in [0.3, 0.4) is 0 Å². The molecule has 5 heteroatoms. The summed E-state index contributed by atoms with van der Waals surface area (Å²) in [5.74, 6) is -0.0101. The molecule has 0 aliphatic carbocycles. The van der Waals surface area contributed by atoms with E-state index >= 15 is 0 Å². The fourth-order valence-corrected chi connectivity index (χ4v) is 1.94. The number of carbonyl (C=O) groups excluding carboxylic acids is 1. The second kappa shape index (κ2) is 8.45. The van der Waals surface area contributed by atoms with Crippen LogP contribution < -0.4 is 10.6 Å². The first-order valence-electron chi connectivity index (χ1n) is 6.85. The summed E-state index contributed by atoms with van der Waals surface area (Å²) in [7, 11) is 0. The number of hydrogen-bond donors (Lipinski definition) is 2. The van der Waals surface area contributed by atoms with Gasteiger partial charge in [0.1, 0.15) is 0 Å². The molecule has 1 amide bonds. The lowest BCUT2D eigenvalue weighted by Crippen LogP contribution is -2.44. The Morgan fingerprint density at radius 3 is 2.83 bits per heavy atom. The Morgan fingerprint density at radius 2 is 2.17 bits per heavy atom. The van der Waals surface area contributed by atoms with E-state index in [1.165, 1.54) is 0 Å². The van der Waals surface area contributed by atoms with Gasteiger partial charge in [-0.1, -0.05) is 6.92 Å². The Balaban J connectivity index is 2.22. The molecule has 2 unspecified atom stereocenters. The van der Waals surface area contributed by atoms with E-state index in [0.717, 1.165) is 13.0 Å². The highest BCUT2D eigenvalue weighted by molar-refractivity contribution is 5.79. The van der Waals surface area contributed by atoms with Crippen LogP contribution in [0.4, 0.5) is 0 Å². The van der Waals surface area contributed by atoms with Gasteiger partial charge in [-0.3, -0.25) is 4.79 Å². The van der Waals surface area contributed by atoms with Crippen LogP contribution in [0.5, 0.6) is 0 Å². The number of carbonyl (C=O) groups is 1. The van der Waals surface area contributed by atoms with Gasteiger partial charge in [-0.2, -0.15) is 0 Å². The number of ether oxygens (including phenoxy) is 2. The van der Waals surface area contributed by atoms with Gasteiger partial charge in [0.05, 0.1) is 31.8 Å². The van der Waals surface area contributed by atoms with Gasteiger partial charge >= 0.3 is 0 Å². The van der Waals surface area contributed by atoms with Crippen LogP contribution in [0, 0.1) is 5.92 Å². The third kappa shape index (κ3) is 5.33. The van der Waals surface area contributed by atoms with E-state index in [-0.39, 0.29) is 24.0 Å². The van der Waals surface area contributed by atoms with Crippen molar-refractivity contribution in [3.8, 4) is 0 Å². The predicted octanol–water partition coefficient (Wildman–Crippen LogP) is 0.542. The molecular weight excluding hydrogens is 232 g/mol. The van der Waals surface area contributed by atoms with Crippen molar-refractivity contribution < 1.29 is 14.3 Å². The van der Waals surface area contributed by atoms with Crippen molar-refractivity contribution in [2.45, 2.75) is 39.3 Å². The van der Waals surface area contributed by atoms with E-state index in [1.807, 2.05) is 13.8 Å². The monoisotopic (exact) mass is 258 g/mol. The fourth-order valence-electron chi connectivity index (χ4n) is 1.94. The lowest BCUT2D eigenvalue weighted by molar-refractivity contribution is -0.125. The Morgan fingerprint density at radius 1 is 1.39 bits per heavy atom. The summed E-state index contributed by atoms with van der Waals surface area (Å²) in [5.41, 5.74) is 0. The lowest BCUT2D eigenvalue weighted by atomic mass is 10.0. The van der Waals surface area contributed by atoms with Crippen molar-refractivity contribution in [3.63, 3.8) is 0 Å². The van der Waals surface area contributed by atoms with Crippen LogP contribution in [-0.2, 0) is 14.3 Å². The number of amides is 1. The molecule has 0 radical (unpaired) electrons. The molecule has 18 heavy (non-hydrogen) atoms. The van der Waals surface area contributed by atoms with Crippen molar-refractivity contribution in [2.75, 3.05) is 32.9 Å². The normalized spacial score (nSPS) is 23.6. The quantitative estimate of drug-likeness (QED) is 0.624. The van der Waals surface area contributed by atoms with Crippen molar-refractivity contribution in [1.82, 2.24) is 10.6 Å². The van der Waals surface area contributed by atoms with Crippen LogP contribution in [0.15, 0.2) is 0 Å². The second-order valence-corrected chi connectivity index (χ2v) is 4.92. The fraction of sp³-hybridized carbons (Fsp3) is 0.923. The third-order valence-electron chi connectivity index (χ3n) is 2.93. The number of hydrogen-bond acceptors (Lipinski definition) is 4. The molecule has 1 rings (SSSR count). The molecule has 2 N–H and O–H groups in total. The molecule has 106 valence electrons. The molecule has 1 saturated heterocycles. The highest BCUT2D eigenvalue weighted by Crippen LogP contribution is 2.13. The molecule has 0 aromatic heterocycles. The molecule has 5 nitrogen and oxygen atoms in total. The summed E-state index contributed by atoms with van der Waals surface area (Å²) < 4.78 is 10.8. The minimum Gasteiger partial charge on any atom is -0.379 e. The maximum atomic E-state index is 12.0. The largest absolute Gasteiger partial charge is 0.379 e. The average Bonchev–Trinajstić information content (AvgIpc) is 2.79. The first-order valence-corrected chi connectivity index (χ1v) is 6.85. The van der Waals surface area contributed by atoms with Crippen LogP contribution in [0.25, 0.3) is 0 Å². The molecule has 0 bridgehead atoms. The highest BCUT2D eigenvalue weighted by Gasteiger charge is 2.33. The van der Waals surface area contributed by atoms with Crippen molar-refractivity contribution >= 4 is 5.91 Å². The van der Waals surface area contributed by atoms with E-state index < -0.39 is 0 Å². The van der Waals surface area contributed by atoms with Crippen molar-refractivity contribution in [3.05, 3.63) is 0 Å². The molecule has 0 aromatic carbocycles. The van der Waals surface area contributed by atoms with Crippen LogP contribution >= 0.6 is 0 Å². The van der Waals surface area contributed by atoms with E-state index in [1.54, 1.807) is 0 Å². The van der Waals surface area contributed by atoms with Gasteiger partial charge in [0.15, 0.2) is 0 Å². The van der Waals surface area contributed by atoms with Gasteiger partial charge in [-0.15, -0.1) is 0 Å². The first kappa shape index (κ1) is 15.4. The van der Waals surface area contributed by atoms with E-state index in [0.29, 0.717) is 26.4 Å². The zero-order valence-electron chi connectivity index (χ0n) is 11.7. The molecule has 1 fully saturated rings. The van der Waals surface area contributed by atoms with E-state index in [9.17, 15) is 4.79 Å². The highest BCUT2D eigenvalue weighted by atomic mass is 16.5. The number of rotatable bonds is 8. The molecule has 1 aliphatic rings. The summed E-state index contributed by atoms with van der Waals surface area (Å²) in [4.78, 5) is 12.0. The van der Waals surface area contributed by atoms with Gasteiger partial charge in [-0.25, -0.2) is 0 Å². The smallest absolute Gasteiger partial charge is 0.227 e. The van der Waals surface area contributed by atoms with E-state index in [4.69, 9.17) is 9.47 Å². The number of nitrogens with one attached hydrogen (secondary N) is 2. The Bertz CT molecular complexity index is 246. The minimum absolute atomic E-state index is 0.0634. The predicted molar refractivity (Wildman–Crippen MR) is 70.5 cm³/mol. The summed E-state index contributed by atoms with van der Waals surface area (Å²) in [6.07, 6.45) is 1.27. The summed E-state index contributed by atoms with van der Waals surface area (Å²) >= 11 is 0. The summed E-state index contributed by atoms with van der Waals surface area (Å²) in [5, 5.41) is 6.26. The Labute approximate surface area is 110 Å². The Hall–Kier alpha value is -0.650. The molecular formula is C13H26N2O3. The van der Waals surface area contributed by atoms with Crippen LogP contribution in [0.1, 0.15) is 27.2 Å². The molecule has 0 saturated carbocycles. The second-order valence-electron chi connectivity index (χ2n) is 4.92. The zero-order chi connectivity index (χ0) is 13.4. The van der Waals surface area contributed by atoms with Crippen LogP contribution in [-0.4, -0.2) is 51.0 Å². The van der Waals surface area contributed by atoms with E-state index in [2.05, 4.69) is 17.6 Å². The van der Waals surface area contributed by atoms with Gasteiger partial charge in [0.2, 0.25) is 5.91 Å². The van der Waals surface area contributed by atoms with Crippen LogP contribution in [0.2, 0.25) is 0 Å². The molecule has 0 aromatic rings. The third-order valence-corrected chi connectivity index (χ3v) is 2.93. The molecule has 1 heterocycles. The maximum Gasteiger partial charge on any atom is 0.227 e. The Kier molecular flexibility index (Phi) is 7.23. The van der Waals surface area contributed by atoms with Gasteiger partial charge in [-0.05, 0) is 26.8 Å². The standard InChI is InChI=1S/C13H26N2O3/c1-4-5-14-12-9-17-8-11(12)13(16)15-6-7-18-10(2)3/h10-12,14H,4-9H2,1-3H3,(H,15,16). The average molecular weight is 258 g/mol. The van der Waals surface area contributed by atoms with Gasteiger partial charge < -0.3 is 20.1 Å². The maximum absolute atomic E-state index is 12.0. The molecule has 0 spiro atoms.